The predicted molar refractivity (Wildman–Crippen MR) is 137 cm³/mol. The van der Waals surface area contributed by atoms with Crippen molar-refractivity contribution in [1.29, 1.82) is 0 Å². The predicted octanol–water partition coefficient (Wildman–Crippen LogP) is 6.22. The number of nitrogen functional groups attached to an aromatic ring is 1. The van der Waals surface area contributed by atoms with E-state index < -0.39 is 11.4 Å². The number of aryl methyl sites for hydroxylation is 1. The van der Waals surface area contributed by atoms with Crippen LogP contribution in [0.3, 0.4) is 0 Å². The number of carbonyl (C=O) groups excluding carboxylic acids is 1. The Morgan fingerprint density at radius 3 is 2.69 bits per heavy atom. The summed E-state index contributed by atoms with van der Waals surface area (Å²) >= 11 is 7.50. The Labute approximate surface area is 213 Å². The zero-order valence-electron chi connectivity index (χ0n) is 20.1. The van der Waals surface area contributed by atoms with Gasteiger partial charge in [0.1, 0.15) is 5.60 Å². The number of nitrogens with zero attached hydrogens (tertiary/aromatic N) is 4. The molecular formula is C25H29ClFN5O2S. The molecular weight excluding hydrogens is 489 g/mol. The Kier molecular flexibility index (Phi) is 7.56. The number of rotatable bonds is 5. The minimum Gasteiger partial charge on any atom is -0.444 e. The lowest BCUT2D eigenvalue weighted by Crippen LogP contribution is -2.41. The van der Waals surface area contributed by atoms with Crippen molar-refractivity contribution in [3.8, 4) is 21.8 Å². The minimum absolute atomic E-state index is 0.0699. The van der Waals surface area contributed by atoms with Gasteiger partial charge in [-0.15, -0.1) is 11.3 Å². The van der Waals surface area contributed by atoms with E-state index in [1.165, 1.54) is 17.4 Å². The van der Waals surface area contributed by atoms with E-state index in [9.17, 15) is 9.18 Å². The number of hydrogen-bond acceptors (Lipinski definition) is 7. The zero-order chi connectivity index (χ0) is 25.2. The highest BCUT2D eigenvalue weighted by molar-refractivity contribution is 7.15. The van der Waals surface area contributed by atoms with E-state index in [2.05, 4.69) is 9.97 Å². The highest BCUT2D eigenvalue weighted by Crippen LogP contribution is 2.39. The molecule has 0 atom stereocenters. The molecule has 3 heterocycles. The van der Waals surface area contributed by atoms with Gasteiger partial charge >= 0.3 is 6.09 Å². The van der Waals surface area contributed by atoms with Crippen molar-refractivity contribution in [1.82, 2.24) is 19.9 Å². The number of benzene rings is 1. The third-order valence-electron chi connectivity index (χ3n) is 5.85. The van der Waals surface area contributed by atoms with Crippen LogP contribution in [0, 0.1) is 11.7 Å². The lowest BCUT2D eigenvalue weighted by Gasteiger charge is -2.33. The average molecular weight is 518 g/mol. The standard InChI is InChI=1S/C25H29ClFN5O2S/c1-25(2,3)34-24(33)32-13-10-15(11-14-32)7-8-19-31-21(16-5-4-6-17(28)20(16)27)22(35-19)18-9-12-29-23(26)30-18/h4-6,9,12,15H,7-8,10-11,13-14,28H2,1-3H3. The summed E-state index contributed by atoms with van der Waals surface area (Å²) in [6, 6.07) is 6.64. The van der Waals surface area contributed by atoms with Crippen molar-refractivity contribution < 1.29 is 13.9 Å². The Morgan fingerprint density at radius 1 is 1.26 bits per heavy atom. The molecule has 0 radical (unpaired) electrons. The van der Waals surface area contributed by atoms with Gasteiger partial charge in [0.15, 0.2) is 5.82 Å². The number of hydrogen-bond donors (Lipinski definition) is 1. The van der Waals surface area contributed by atoms with Gasteiger partial charge in [-0.1, -0.05) is 6.07 Å². The second kappa shape index (κ2) is 10.5. The highest BCUT2D eigenvalue weighted by atomic mass is 35.5. The van der Waals surface area contributed by atoms with Crippen LogP contribution in [-0.4, -0.2) is 44.6 Å². The summed E-state index contributed by atoms with van der Waals surface area (Å²) in [5.41, 5.74) is 6.83. The highest BCUT2D eigenvalue weighted by Gasteiger charge is 2.27. The molecule has 2 N–H and O–H groups in total. The third-order valence-corrected chi connectivity index (χ3v) is 7.17. The first kappa shape index (κ1) is 25.3. The summed E-state index contributed by atoms with van der Waals surface area (Å²) in [4.78, 5) is 27.9. The quantitative estimate of drug-likeness (QED) is 0.319. The van der Waals surface area contributed by atoms with E-state index in [1.807, 2.05) is 20.8 Å². The van der Waals surface area contributed by atoms with Crippen LogP contribution in [0.15, 0.2) is 30.5 Å². The maximum Gasteiger partial charge on any atom is 0.410 e. The monoisotopic (exact) mass is 517 g/mol. The number of carbonyl (C=O) groups is 1. The SMILES string of the molecule is CC(C)(C)OC(=O)N1CCC(CCc2nc(-c3cccc(N)c3F)c(-c3ccnc(Cl)n3)s2)CC1. The van der Waals surface area contributed by atoms with Crippen LogP contribution in [0.25, 0.3) is 21.8 Å². The molecule has 10 heteroatoms. The number of piperidine rings is 1. The summed E-state index contributed by atoms with van der Waals surface area (Å²) in [6.07, 6.45) is 4.82. The summed E-state index contributed by atoms with van der Waals surface area (Å²) in [7, 11) is 0. The van der Waals surface area contributed by atoms with Gasteiger partial charge in [-0.2, -0.15) is 0 Å². The molecule has 1 aromatic carbocycles. The molecule has 7 nitrogen and oxygen atoms in total. The Hall–Kier alpha value is -2.78. The molecule has 0 bridgehead atoms. The maximum atomic E-state index is 14.9. The number of amides is 1. The van der Waals surface area contributed by atoms with Crippen LogP contribution in [0.1, 0.15) is 45.0 Å². The summed E-state index contributed by atoms with van der Waals surface area (Å²) in [5.74, 6) is -0.0256. The fourth-order valence-electron chi connectivity index (χ4n) is 4.08. The number of anilines is 1. The first-order valence-corrected chi connectivity index (χ1v) is 12.8. The number of thiazole rings is 1. The summed E-state index contributed by atoms with van der Waals surface area (Å²) in [6.45, 7) is 6.99. The number of nitrogens with two attached hydrogens (primary N) is 1. The van der Waals surface area contributed by atoms with Gasteiger partial charge in [-0.25, -0.2) is 24.1 Å². The molecule has 1 aliphatic rings. The smallest absolute Gasteiger partial charge is 0.410 e. The van der Waals surface area contributed by atoms with E-state index in [-0.39, 0.29) is 17.1 Å². The number of likely N-dealkylation sites (tertiary alicyclic amines) is 1. The molecule has 186 valence electrons. The van der Waals surface area contributed by atoms with Crippen LogP contribution in [0.2, 0.25) is 5.28 Å². The van der Waals surface area contributed by atoms with Crippen LogP contribution in [-0.2, 0) is 11.2 Å². The molecule has 1 aliphatic heterocycles. The number of ether oxygens (including phenoxy) is 1. The average Bonchev–Trinajstić information content (AvgIpc) is 3.23. The van der Waals surface area contributed by atoms with Crippen LogP contribution in [0.4, 0.5) is 14.9 Å². The number of aromatic nitrogens is 3. The molecule has 4 rings (SSSR count). The summed E-state index contributed by atoms with van der Waals surface area (Å²) < 4.78 is 20.4. The van der Waals surface area contributed by atoms with Gasteiger partial charge < -0.3 is 15.4 Å². The van der Waals surface area contributed by atoms with Gasteiger partial charge in [0, 0.05) is 24.8 Å². The van der Waals surface area contributed by atoms with Crippen molar-refractivity contribution in [3.05, 3.63) is 46.6 Å². The molecule has 2 aromatic heterocycles. The lowest BCUT2D eigenvalue weighted by molar-refractivity contribution is 0.0181. The lowest BCUT2D eigenvalue weighted by atomic mass is 9.92. The molecule has 0 aliphatic carbocycles. The normalized spacial score (nSPS) is 14.8. The van der Waals surface area contributed by atoms with E-state index in [4.69, 9.17) is 27.1 Å². The van der Waals surface area contributed by atoms with E-state index in [0.29, 0.717) is 36.0 Å². The fraction of sp³-hybridized carbons (Fsp3) is 0.440. The molecule has 1 saturated heterocycles. The fourth-order valence-corrected chi connectivity index (χ4v) is 5.29. The second-order valence-corrected chi connectivity index (χ2v) is 11.1. The van der Waals surface area contributed by atoms with Crippen LogP contribution < -0.4 is 5.73 Å². The Balaban J connectivity index is 1.48. The Bertz CT molecular complexity index is 1200. The van der Waals surface area contributed by atoms with Gasteiger partial charge in [0.2, 0.25) is 5.28 Å². The Morgan fingerprint density at radius 2 is 2.00 bits per heavy atom. The van der Waals surface area contributed by atoms with Crippen molar-refractivity contribution in [2.75, 3.05) is 18.8 Å². The van der Waals surface area contributed by atoms with Crippen molar-refractivity contribution >= 4 is 34.7 Å². The molecule has 1 amide bonds. The largest absolute Gasteiger partial charge is 0.444 e. The van der Waals surface area contributed by atoms with Gasteiger partial charge in [0.05, 0.1) is 27.0 Å². The molecule has 1 fully saturated rings. The van der Waals surface area contributed by atoms with Gasteiger partial charge in [0.25, 0.3) is 0 Å². The zero-order valence-corrected chi connectivity index (χ0v) is 21.6. The number of halogens is 2. The maximum absolute atomic E-state index is 14.9. The molecule has 0 spiro atoms. The van der Waals surface area contributed by atoms with Crippen molar-refractivity contribution in [2.45, 2.75) is 52.1 Å². The van der Waals surface area contributed by atoms with Crippen molar-refractivity contribution in [2.24, 2.45) is 5.92 Å². The van der Waals surface area contributed by atoms with Crippen LogP contribution >= 0.6 is 22.9 Å². The first-order valence-electron chi connectivity index (χ1n) is 11.6. The topological polar surface area (TPSA) is 94.2 Å². The summed E-state index contributed by atoms with van der Waals surface area (Å²) in [5, 5.41) is 1.01. The van der Waals surface area contributed by atoms with Crippen LogP contribution in [0.5, 0.6) is 0 Å². The van der Waals surface area contributed by atoms with Crippen molar-refractivity contribution in [3.63, 3.8) is 0 Å². The van der Waals surface area contributed by atoms with E-state index >= 15 is 0 Å². The van der Waals surface area contributed by atoms with Gasteiger partial charge in [-0.3, -0.25) is 0 Å². The molecule has 3 aromatic rings. The first-order chi connectivity index (χ1) is 16.6. The van der Waals surface area contributed by atoms with Gasteiger partial charge in [-0.05, 0) is 82.2 Å². The van der Waals surface area contributed by atoms with E-state index in [1.54, 1.807) is 29.3 Å². The third kappa shape index (κ3) is 6.27. The molecule has 0 saturated carbocycles. The second-order valence-electron chi connectivity index (χ2n) is 9.65. The molecule has 35 heavy (non-hydrogen) atoms. The molecule has 0 unspecified atom stereocenters. The van der Waals surface area contributed by atoms with E-state index in [0.717, 1.165) is 35.6 Å². The minimum atomic E-state index is -0.500.